The third kappa shape index (κ3) is 3.41. The van der Waals surface area contributed by atoms with Crippen LogP contribution in [0, 0.1) is 0 Å². The first-order chi connectivity index (χ1) is 12.7. The number of hydrogen-bond acceptors (Lipinski definition) is 7. The summed E-state index contributed by atoms with van der Waals surface area (Å²) in [4.78, 5) is 36.1. The highest BCUT2D eigenvalue weighted by molar-refractivity contribution is 6.33. The van der Waals surface area contributed by atoms with E-state index in [0.29, 0.717) is 43.1 Å². The highest BCUT2D eigenvalue weighted by Crippen LogP contribution is 2.22. The molecule has 2 aromatic heterocycles. The Morgan fingerprint density at radius 2 is 1.54 bits per heavy atom. The second kappa shape index (κ2) is 7.41. The second-order valence-electron chi connectivity index (χ2n) is 6.39. The largest absolute Gasteiger partial charge is 0.341 e. The van der Waals surface area contributed by atoms with Crippen molar-refractivity contribution in [2.75, 3.05) is 49.1 Å². The number of piperazine rings is 1. The molecule has 136 valence electrons. The minimum Gasteiger partial charge on any atom is -0.341 e. The number of anilines is 2. The van der Waals surface area contributed by atoms with Crippen molar-refractivity contribution in [1.29, 1.82) is 0 Å². The predicted octanol–water partition coefficient (Wildman–Crippen LogP) is 1.48. The molecule has 4 heterocycles. The van der Waals surface area contributed by atoms with Gasteiger partial charge in [0.2, 0.25) is 11.9 Å². The normalized spacial score (nSPS) is 17.7. The number of hydrogen-bond donors (Lipinski definition) is 0. The van der Waals surface area contributed by atoms with Crippen LogP contribution >= 0.6 is 11.6 Å². The Morgan fingerprint density at radius 1 is 0.885 bits per heavy atom. The highest BCUT2D eigenvalue weighted by atomic mass is 35.5. The number of carbonyl (C=O) groups excluding carboxylic acids is 1. The fourth-order valence-corrected chi connectivity index (χ4v) is 3.46. The molecule has 2 fully saturated rings. The number of carbonyl (C=O) groups is 1. The fourth-order valence-electron chi connectivity index (χ4n) is 3.29. The maximum absolute atomic E-state index is 12.9. The van der Waals surface area contributed by atoms with E-state index in [4.69, 9.17) is 11.6 Å². The average molecular weight is 374 g/mol. The standard InChI is InChI=1S/C17H20ClN7O/c18-13-12-21-17(24-6-1-2-7-24)22-14(13)15(26)23-8-10-25(11-9-23)16-19-4-3-5-20-16/h3-5,12H,1-2,6-11H2. The highest BCUT2D eigenvalue weighted by Gasteiger charge is 2.27. The summed E-state index contributed by atoms with van der Waals surface area (Å²) in [6.45, 7) is 4.36. The van der Waals surface area contributed by atoms with Crippen molar-refractivity contribution in [2.24, 2.45) is 0 Å². The molecule has 0 spiro atoms. The van der Waals surface area contributed by atoms with E-state index in [9.17, 15) is 4.79 Å². The number of aromatic nitrogens is 4. The number of nitrogens with zero attached hydrogens (tertiary/aromatic N) is 7. The van der Waals surface area contributed by atoms with Crippen molar-refractivity contribution in [3.63, 3.8) is 0 Å². The van der Waals surface area contributed by atoms with Gasteiger partial charge in [-0.1, -0.05) is 11.6 Å². The van der Waals surface area contributed by atoms with Crippen LogP contribution in [0.1, 0.15) is 23.3 Å². The van der Waals surface area contributed by atoms with E-state index in [1.54, 1.807) is 23.4 Å². The van der Waals surface area contributed by atoms with E-state index in [2.05, 4.69) is 29.7 Å². The van der Waals surface area contributed by atoms with E-state index < -0.39 is 0 Å². The molecule has 0 N–H and O–H groups in total. The Balaban J connectivity index is 1.46. The van der Waals surface area contributed by atoms with Crippen LogP contribution in [-0.4, -0.2) is 70.0 Å². The van der Waals surface area contributed by atoms with Crippen molar-refractivity contribution in [3.8, 4) is 0 Å². The Bertz CT molecular complexity index is 774. The molecule has 8 nitrogen and oxygen atoms in total. The van der Waals surface area contributed by atoms with E-state index in [1.165, 1.54) is 6.20 Å². The van der Waals surface area contributed by atoms with Gasteiger partial charge in [0.05, 0.1) is 11.2 Å². The zero-order chi connectivity index (χ0) is 17.9. The van der Waals surface area contributed by atoms with Crippen LogP contribution in [0.3, 0.4) is 0 Å². The predicted molar refractivity (Wildman–Crippen MR) is 98.6 cm³/mol. The maximum atomic E-state index is 12.9. The minimum absolute atomic E-state index is 0.147. The first-order valence-corrected chi connectivity index (χ1v) is 9.19. The molecular formula is C17H20ClN7O. The van der Waals surface area contributed by atoms with Gasteiger partial charge in [-0.3, -0.25) is 4.79 Å². The Morgan fingerprint density at radius 3 is 2.23 bits per heavy atom. The van der Waals surface area contributed by atoms with Crippen LogP contribution < -0.4 is 9.80 Å². The number of rotatable bonds is 3. The monoisotopic (exact) mass is 373 g/mol. The lowest BCUT2D eigenvalue weighted by molar-refractivity contribution is 0.0740. The van der Waals surface area contributed by atoms with Crippen LogP contribution in [0.25, 0.3) is 0 Å². The molecule has 2 saturated heterocycles. The van der Waals surface area contributed by atoms with Gasteiger partial charge in [0.15, 0.2) is 5.69 Å². The van der Waals surface area contributed by atoms with E-state index in [0.717, 1.165) is 25.9 Å². The molecule has 2 aliphatic heterocycles. The van der Waals surface area contributed by atoms with E-state index in [-0.39, 0.29) is 11.6 Å². The van der Waals surface area contributed by atoms with Crippen molar-refractivity contribution >= 4 is 29.4 Å². The van der Waals surface area contributed by atoms with Crippen LogP contribution in [0.4, 0.5) is 11.9 Å². The van der Waals surface area contributed by atoms with Gasteiger partial charge in [0.25, 0.3) is 5.91 Å². The molecule has 2 aliphatic rings. The van der Waals surface area contributed by atoms with E-state index in [1.807, 2.05) is 0 Å². The van der Waals surface area contributed by atoms with Gasteiger partial charge in [-0.25, -0.2) is 19.9 Å². The molecule has 0 saturated carbocycles. The van der Waals surface area contributed by atoms with Crippen molar-refractivity contribution in [1.82, 2.24) is 24.8 Å². The summed E-state index contributed by atoms with van der Waals surface area (Å²) in [5, 5.41) is 0.298. The van der Waals surface area contributed by atoms with Crippen molar-refractivity contribution < 1.29 is 4.79 Å². The smallest absolute Gasteiger partial charge is 0.274 e. The van der Waals surface area contributed by atoms with Crippen molar-refractivity contribution in [3.05, 3.63) is 35.4 Å². The van der Waals surface area contributed by atoms with Gasteiger partial charge in [0, 0.05) is 51.7 Å². The Hall–Kier alpha value is -2.48. The Labute approximate surface area is 156 Å². The third-order valence-corrected chi connectivity index (χ3v) is 5.00. The van der Waals surface area contributed by atoms with E-state index >= 15 is 0 Å². The van der Waals surface area contributed by atoms with Crippen LogP contribution in [0.15, 0.2) is 24.7 Å². The molecule has 2 aromatic rings. The molecule has 26 heavy (non-hydrogen) atoms. The summed E-state index contributed by atoms with van der Waals surface area (Å²) in [6, 6.07) is 1.79. The lowest BCUT2D eigenvalue weighted by Gasteiger charge is -2.34. The lowest BCUT2D eigenvalue weighted by atomic mass is 10.2. The SMILES string of the molecule is O=C(c1nc(N2CCCC2)ncc1Cl)N1CCN(c2ncccn2)CC1. The van der Waals surface area contributed by atoms with Crippen molar-refractivity contribution in [2.45, 2.75) is 12.8 Å². The molecule has 9 heteroatoms. The summed E-state index contributed by atoms with van der Waals surface area (Å²) in [7, 11) is 0. The number of halogens is 1. The maximum Gasteiger partial charge on any atom is 0.274 e. The molecule has 0 radical (unpaired) electrons. The van der Waals surface area contributed by atoms with Gasteiger partial charge in [-0.15, -0.1) is 0 Å². The number of amides is 1. The quantitative estimate of drug-likeness (QED) is 0.806. The molecule has 0 atom stereocenters. The average Bonchev–Trinajstić information content (AvgIpc) is 3.23. The Kier molecular flexibility index (Phi) is 4.83. The summed E-state index contributed by atoms with van der Waals surface area (Å²) < 4.78 is 0. The zero-order valence-corrected chi connectivity index (χ0v) is 15.1. The van der Waals surface area contributed by atoms with Crippen LogP contribution in [-0.2, 0) is 0 Å². The first-order valence-electron chi connectivity index (χ1n) is 8.81. The molecule has 1 amide bonds. The topological polar surface area (TPSA) is 78.4 Å². The molecule has 4 rings (SSSR count). The van der Waals surface area contributed by atoms with Gasteiger partial charge >= 0.3 is 0 Å². The van der Waals surface area contributed by atoms with Gasteiger partial charge in [-0.05, 0) is 18.9 Å². The summed E-state index contributed by atoms with van der Waals surface area (Å²) in [5.41, 5.74) is 0.285. The summed E-state index contributed by atoms with van der Waals surface area (Å²) in [5.74, 6) is 1.13. The summed E-state index contributed by atoms with van der Waals surface area (Å²) >= 11 is 6.22. The molecule has 0 bridgehead atoms. The first kappa shape index (κ1) is 17.0. The summed E-state index contributed by atoms with van der Waals surface area (Å²) in [6.07, 6.45) is 7.22. The lowest BCUT2D eigenvalue weighted by Crippen LogP contribution is -2.49. The fraction of sp³-hybridized carbons (Fsp3) is 0.471. The second-order valence-corrected chi connectivity index (χ2v) is 6.80. The molecule has 0 aliphatic carbocycles. The molecule has 0 aromatic carbocycles. The zero-order valence-electron chi connectivity index (χ0n) is 14.4. The van der Waals surface area contributed by atoms with Gasteiger partial charge < -0.3 is 14.7 Å². The van der Waals surface area contributed by atoms with Crippen LogP contribution in [0.5, 0.6) is 0 Å². The van der Waals surface area contributed by atoms with Gasteiger partial charge in [-0.2, -0.15) is 0 Å². The van der Waals surface area contributed by atoms with Crippen LogP contribution in [0.2, 0.25) is 5.02 Å². The third-order valence-electron chi connectivity index (χ3n) is 4.72. The van der Waals surface area contributed by atoms with Gasteiger partial charge in [0.1, 0.15) is 0 Å². The molecule has 0 unspecified atom stereocenters. The minimum atomic E-state index is -0.147. The molecular weight excluding hydrogens is 354 g/mol.